The van der Waals surface area contributed by atoms with Gasteiger partial charge in [0.2, 0.25) is 0 Å². The van der Waals surface area contributed by atoms with Gasteiger partial charge in [0.1, 0.15) is 24.9 Å². The third-order valence-corrected chi connectivity index (χ3v) is 4.89. The first-order valence-electron chi connectivity index (χ1n) is 9.48. The van der Waals surface area contributed by atoms with Crippen molar-refractivity contribution < 1.29 is 69.8 Å². The van der Waals surface area contributed by atoms with Crippen LogP contribution in [0.4, 0.5) is 0 Å². The first-order valence-corrected chi connectivity index (χ1v) is 9.48. The molecule has 0 unspecified atom stereocenters. The highest BCUT2D eigenvalue weighted by Crippen LogP contribution is 2.37. The molecule has 1 heterocycles. The van der Waals surface area contributed by atoms with E-state index in [1.54, 1.807) is 0 Å². The van der Waals surface area contributed by atoms with E-state index in [0.29, 0.717) is 0 Å². The fourth-order valence-electron chi connectivity index (χ4n) is 3.07. The van der Waals surface area contributed by atoms with Gasteiger partial charge in [-0.3, -0.25) is 0 Å². The number of benzene rings is 2. The molecule has 5 atom stereocenters. The van der Waals surface area contributed by atoms with E-state index in [4.69, 9.17) is 14.2 Å². The van der Waals surface area contributed by atoms with Gasteiger partial charge in [-0.05, 0) is 24.3 Å². The number of aromatic hydroxyl groups is 6. The second-order valence-corrected chi connectivity index (χ2v) is 7.24. The Hall–Kier alpha value is -3.98. The minimum absolute atomic E-state index is 0.381. The summed E-state index contributed by atoms with van der Waals surface area (Å²) < 4.78 is 14.8. The van der Waals surface area contributed by atoms with E-state index in [1.165, 1.54) is 0 Å². The van der Waals surface area contributed by atoms with Crippen molar-refractivity contribution in [1.29, 1.82) is 0 Å². The van der Waals surface area contributed by atoms with Crippen molar-refractivity contribution in [3.05, 3.63) is 35.4 Å². The van der Waals surface area contributed by atoms with E-state index in [9.17, 15) is 55.5 Å². The first kappa shape index (κ1) is 24.7. The summed E-state index contributed by atoms with van der Waals surface area (Å²) in [5.41, 5.74) is -0.850. The number of esters is 2. The summed E-state index contributed by atoms with van der Waals surface area (Å²) in [6, 6.07) is 3.07. The second kappa shape index (κ2) is 9.48. The van der Waals surface area contributed by atoms with Gasteiger partial charge in [-0.25, -0.2) is 9.59 Å². The summed E-state index contributed by atoms with van der Waals surface area (Å²) in [5.74, 6) is -7.48. The number of rotatable bonds is 5. The van der Waals surface area contributed by atoms with E-state index in [2.05, 4.69) is 0 Å². The zero-order valence-electron chi connectivity index (χ0n) is 17.0. The molecule has 9 N–H and O–H groups in total. The van der Waals surface area contributed by atoms with E-state index in [-0.39, 0.29) is 5.56 Å². The fourth-order valence-corrected chi connectivity index (χ4v) is 3.07. The van der Waals surface area contributed by atoms with Crippen molar-refractivity contribution >= 4 is 11.9 Å². The summed E-state index contributed by atoms with van der Waals surface area (Å²) in [4.78, 5) is 24.5. The van der Waals surface area contributed by atoms with Gasteiger partial charge in [0.25, 0.3) is 0 Å². The molecule has 0 bridgehead atoms. The number of aliphatic hydroxyl groups is 3. The molecule has 1 aliphatic rings. The van der Waals surface area contributed by atoms with Crippen molar-refractivity contribution in [2.24, 2.45) is 0 Å². The SMILES string of the molecule is O=C(OC[C@@H]1O[C@H](O)[C@@H](O)[C@H](OC(=O)c2cc(O)c(O)c(O)c2)[C@H]1O)c1cc(O)c(O)c(O)c1. The quantitative estimate of drug-likeness (QED) is 0.178. The van der Waals surface area contributed by atoms with Crippen LogP contribution in [0.25, 0.3) is 0 Å². The van der Waals surface area contributed by atoms with Gasteiger partial charge < -0.3 is 60.2 Å². The maximum absolute atomic E-state index is 12.4. The van der Waals surface area contributed by atoms with Crippen LogP contribution < -0.4 is 0 Å². The van der Waals surface area contributed by atoms with E-state index < -0.39 is 89.3 Å². The molecule has 3 rings (SSSR count). The zero-order chi connectivity index (χ0) is 25.3. The average Bonchev–Trinajstić information content (AvgIpc) is 2.79. The molecule has 0 radical (unpaired) electrons. The number of phenolic OH excluding ortho intramolecular Hbond substituents is 6. The minimum Gasteiger partial charge on any atom is -0.504 e. The molecule has 0 saturated carbocycles. The third kappa shape index (κ3) is 4.84. The van der Waals surface area contributed by atoms with Crippen molar-refractivity contribution in [2.45, 2.75) is 30.7 Å². The lowest BCUT2D eigenvalue weighted by atomic mass is 9.99. The molecule has 1 fully saturated rings. The van der Waals surface area contributed by atoms with Crippen molar-refractivity contribution in [2.75, 3.05) is 6.61 Å². The van der Waals surface area contributed by atoms with Crippen molar-refractivity contribution in [1.82, 2.24) is 0 Å². The number of phenols is 6. The standard InChI is InChI=1S/C20H20O14/c21-8-1-6(2-9(22)13(8)25)18(29)32-5-12-15(27)17(16(28)20(31)33-12)34-19(30)7-3-10(23)14(26)11(24)4-7/h1-4,12,15-17,20-28,31H,5H2/t12-,15-,16-,17+,20-/m0/s1. The number of ether oxygens (including phenoxy) is 3. The number of aliphatic hydroxyl groups excluding tert-OH is 3. The summed E-state index contributed by atoms with van der Waals surface area (Å²) in [6.45, 7) is -0.749. The van der Waals surface area contributed by atoms with Crippen LogP contribution in [0.15, 0.2) is 24.3 Å². The lowest BCUT2D eigenvalue weighted by Crippen LogP contribution is -2.60. The van der Waals surface area contributed by atoms with Gasteiger partial charge in [-0.15, -0.1) is 0 Å². The zero-order valence-corrected chi connectivity index (χ0v) is 17.0. The molecule has 0 aromatic heterocycles. The highest BCUT2D eigenvalue weighted by molar-refractivity contribution is 5.91. The number of carbonyl (C=O) groups excluding carboxylic acids is 2. The number of hydrogen-bond donors (Lipinski definition) is 9. The van der Waals surface area contributed by atoms with Gasteiger partial charge in [0, 0.05) is 0 Å². The van der Waals surface area contributed by atoms with Crippen LogP contribution in [0.2, 0.25) is 0 Å². The van der Waals surface area contributed by atoms with Crippen molar-refractivity contribution in [3.8, 4) is 34.5 Å². The van der Waals surface area contributed by atoms with Crippen molar-refractivity contribution in [3.63, 3.8) is 0 Å². The smallest absolute Gasteiger partial charge is 0.338 e. The highest BCUT2D eigenvalue weighted by Gasteiger charge is 2.47. The monoisotopic (exact) mass is 484 g/mol. The molecule has 0 aliphatic carbocycles. The molecular weight excluding hydrogens is 464 g/mol. The first-order chi connectivity index (χ1) is 15.9. The Morgan fingerprint density at radius 2 is 1.18 bits per heavy atom. The predicted octanol–water partition coefficient (Wildman–Crippen LogP) is -1.26. The molecule has 2 aromatic carbocycles. The molecule has 1 aliphatic heterocycles. The summed E-state index contributed by atoms with van der Waals surface area (Å²) >= 11 is 0. The van der Waals surface area contributed by atoms with Crippen LogP contribution in [-0.4, -0.2) is 95.2 Å². The van der Waals surface area contributed by atoms with Gasteiger partial charge in [0.15, 0.2) is 46.9 Å². The molecule has 34 heavy (non-hydrogen) atoms. The Bertz CT molecular complexity index is 1050. The van der Waals surface area contributed by atoms with Gasteiger partial charge in [-0.2, -0.15) is 0 Å². The minimum atomic E-state index is -1.99. The van der Waals surface area contributed by atoms with Gasteiger partial charge >= 0.3 is 11.9 Å². The van der Waals surface area contributed by atoms with Crippen LogP contribution in [0.5, 0.6) is 34.5 Å². The van der Waals surface area contributed by atoms with Crippen LogP contribution in [-0.2, 0) is 14.2 Å². The van der Waals surface area contributed by atoms with Crippen LogP contribution in [0.1, 0.15) is 20.7 Å². The molecule has 14 nitrogen and oxygen atoms in total. The maximum Gasteiger partial charge on any atom is 0.338 e. The maximum atomic E-state index is 12.4. The second-order valence-electron chi connectivity index (χ2n) is 7.24. The van der Waals surface area contributed by atoms with Crippen LogP contribution in [0.3, 0.4) is 0 Å². The Morgan fingerprint density at radius 3 is 1.65 bits per heavy atom. The van der Waals surface area contributed by atoms with Crippen LogP contribution >= 0.6 is 0 Å². The molecule has 1 saturated heterocycles. The lowest BCUT2D eigenvalue weighted by Gasteiger charge is -2.39. The van der Waals surface area contributed by atoms with E-state index in [1.807, 2.05) is 0 Å². The number of hydrogen-bond acceptors (Lipinski definition) is 14. The molecule has 14 heteroatoms. The average molecular weight is 484 g/mol. The molecule has 0 spiro atoms. The largest absolute Gasteiger partial charge is 0.504 e. The normalized spacial score (nSPS) is 24.4. The molecule has 2 aromatic rings. The van der Waals surface area contributed by atoms with E-state index in [0.717, 1.165) is 24.3 Å². The Morgan fingerprint density at radius 1 is 0.735 bits per heavy atom. The van der Waals surface area contributed by atoms with Gasteiger partial charge in [0.05, 0.1) is 11.1 Å². The van der Waals surface area contributed by atoms with E-state index >= 15 is 0 Å². The predicted molar refractivity (Wildman–Crippen MR) is 105 cm³/mol. The number of carbonyl (C=O) groups is 2. The van der Waals surface area contributed by atoms with Crippen LogP contribution in [0, 0.1) is 0 Å². The third-order valence-electron chi connectivity index (χ3n) is 4.89. The summed E-state index contributed by atoms with van der Waals surface area (Å²) in [6.07, 6.45) is -9.14. The lowest BCUT2D eigenvalue weighted by molar-refractivity contribution is -0.285. The highest BCUT2D eigenvalue weighted by atomic mass is 16.7. The molecular formula is C20H20O14. The Balaban J connectivity index is 1.71. The molecule has 184 valence electrons. The summed E-state index contributed by atoms with van der Waals surface area (Å²) in [7, 11) is 0. The van der Waals surface area contributed by atoms with Gasteiger partial charge in [-0.1, -0.05) is 0 Å². The molecule has 0 amide bonds. The topological polar surface area (TPSA) is 244 Å². The summed E-state index contributed by atoms with van der Waals surface area (Å²) in [5, 5.41) is 87.1. The Kier molecular flexibility index (Phi) is 6.88. The fraction of sp³-hybridized carbons (Fsp3) is 0.300. The Labute approximate surface area is 189 Å².